The zero-order valence-electron chi connectivity index (χ0n) is 9.11. The van der Waals surface area contributed by atoms with E-state index in [1.165, 1.54) is 30.6 Å². The molecule has 2 rings (SSSR count). The first-order valence-corrected chi connectivity index (χ1v) is 5.01. The summed E-state index contributed by atoms with van der Waals surface area (Å²) >= 11 is 0. The minimum Gasteiger partial charge on any atom is -0.478 e. The van der Waals surface area contributed by atoms with E-state index in [1.54, 1.807) is 12.1 Å². The van der Waals surface area contributed by atoms with Gasteiger partial charge in [0.15, 0.2) is 0 Å². The molecule has 0 unspecified atom stereocenters. The lowest BCUT2D eigenvalue weighted by Gasteiger charge is -2.05. The smallest absolute Gasteiger partial charge is 0.336 e. The molecule has 0 aliphatic heterocycles. The van der Waals surface area contributed by atoms with Crippen molar-refractivity contribution in [1.82, 2.24) is 4.98 Å². The molecule has 1 aromatic heterocycles. The largest absolute Gasteiger partial charge is 0.478 e. The second-order valence-electron chi connectivity index (χ2n) is 3.53. The molecule has 0 bridgehead atoms. The second kappa shape index (κ2) is 4.62. The third kappa shape index (κ3) is 2.17. The molecule has 6 nitrogen and oxygen atoms in total. The van der Waals surface area contributed by atoms with Gasteiger partial charge in [-0.1, -0.05) is 0 Å². The summed E-state index contributed by atoms with van der Waals surface area (Å²) in [6.45, 7) is 0. The van der Waals surface area contributed by atoms with Gasteiger partial charge in [-0.05, 0) is 23.8 Å². The molecule has 0 aliphatic carbocycles. The number of aromatic nitrogens is 1. The first kappa shape index (κ1) is 11.7. The quantitative estimate of drug-likeness (QED) is 0.660. The molecule has 1 N–H and O–H groups in total. The van der Waals surface area contributed by atoms with Gasteiger partial charge in [0.2, 0.25) is 0 Å². The number of carboxylic acid groups (broad SMARTS) is 1. The van der Waals surface area contributed by atoms with Gasteiger partial charge in [-0.25, -0.2) is 4.79 Å². The van der Waals surface area contributed by atoms with Gasteiger partial charge in [-0.3, -0.25) is 15.1 Å². The Labute approximate surface area is 102 Å². The fourth-order valence-electron chi connectivity index (χ4n) is 1.60. The van der Waals surface area contributed by atoms with Crippen molar-refractivity contribution in [3.63, 3.8) is 0 Å². The Kier molecular flexibility index (Phi) is 3.01. The van der Waals surface area contributed by atoms with Gasteiger partial charge in [0, 0.05) is 30.1 Å². The normalized spacial score (nSPS) is 10.0. The third-order valence-corrected chi connectivity index (χ3v) is 2.44. The van der Waals surface area contributed by atoms with Gasteiger partial charge in [0.1, 0.15) is 0 Å². The van der Waals surface area contributed by atoms with Crippen LogP contribution in [-0.4, -0.2) is 21.0 Å². The highest BCUT2D eigenvalue weighted by Crippen LogP contribution is 2.27. The Morgan fingerprint density at radius 3 is 2.44 bits per heavy atom. The highest BCUT2D eigenvalue weighted by Gasteiger charge is 2.16. The predicted octanol–water partition coefficient (Wildman–Crippen LogP) is 2.35. The van der Waals surface area contributed by atoms with Gasteiger partial charge >= 0.3 is 5.97 Å². The number of carbonyl (C=O) groups is 1. The fraction of sp³-hybridized carbons (Fsp3) is 0. The van der Waals surface area contributed by atoms with Crippen LogP contribution >= 0.6 is 0 Å². The minimum atomic E-state index is -1.13. The summed E-state index contributed by atoms with van der Waals surface area (Å²) in [6.07, 6.45) is 3.00. The van der Waals surface area contributed by atoms with Gasteiger partial charge in [-0.2, -0.15) is 0 Å². The van der Waals surface area contributed by atoms with Gasteiger partial charge in [0.25, 0.3) is 5.69 Å². The van der Waals surface area contributed by atoms with Crippen LogP contribution in [0.3, 0.4) is 0 Å². The molecule has 6 heteroatoms. The molecule has 0 aliphatic rings. The number of benzene rings is 1. The van der Waals surface area contributed by atoms with Crippen LogP contribution in [0.25, 0.3) is 11.1 Å². The first-order chi connectivity index (χ1) is 8.59. The van der Waals surface area contributed by atoms with E-state index in [-0.39, 0.29) is 11.3 Å². The molecule has 90 valence electrons. The maximum Gasteiger partial charge on any atom is 0.336 e. The molecule has 0 amide bonds. The lowest BCUT2D eigenvalue weighted by Crippen LogP contribution is -2.00. The Hall–Kier alpha value is -2.76. The summed E-state index contributed by atoms with van der Waals surface area (Å²) in [5, 5.41) is 19.8. The number of hydrogen-bond acceptors (Lipinski definition) is 4. The number of carboxylic acids is 1. The molecule has 1 aromatic carbocycles. The van der Waals surface area contributed by atoms with Gasteiger partial charge in [-0.15, -0.1) is 0 Å². The Morgan fingerprint density at radius 1 is 1.22 bits per heavy atom. The maximum absolute atomic E-state index is 11.1. The first-order valence-electron chi connectivity index (χ1n) is 5.01. The lowest BCUT2D eigenvalue weighted by molar-refractivity contribution is -0.384. The summed E-state index contributed by atoms with van der Waals surface area (Å²) in [6, 6.07) is 6.86. The van der Waals surface area contributed by atoms with Crippen LogP contribution in [0.2, 0.25) is 0 Å². The number of pyridine rings is 1. The number of rotatable bonds is 3. The van der Waals surface area contributed by atoms with E-state index in [2.05, 4.69) is 4.98 Å². The average Bonchev–Trinajstić information content (AvgIpc) is 2.39. The summed E-state index contributed by atoms with van der Waals surface area (Å²) in [4.78, 5) is 25.1. The van der Waals surface area contributed by atoms with E-state index in [0.717, 1.165) is 0 Å². The molecule has 0 saturated carbocycles. The molecule has 0 spiro atoms. The highest BCUT2D eigenvalue weighted by atomic mass is 16.6. The van der Waals surface area contributed by atoms with E-state index in [9.17, 15) is 14.9 Å². The summed E-state index contributed by atoms with van der Waals surface area (Å²) < 4.78 is 0. The lowest BCUT2D eigenvalue weighted by atomic mass is 10.00. The van der Waals surface area contributed by atoms with Crippen LogP contribution in [0.15, 0.2) is 42.7 Å². The SMILES string of the molecule is O=C(O)c1ccc([N+](=O)[O-])cc1-c1ccncc1. The molecule has 0 fully saturated rings. The number of hydrogen-bond donors (Lipinski definition) is 1. The zero-order valence-corrected chi connectivity index (χ0v) is 9.11. The molecule has 0 radical (unpaired) electrons. The van der Waals surface area contributed by atoms with Crippen molar-refractivity contribution in [1.29, 1.82) is 0 Å². The zero-order chi connectivity index (χ0) is 13.1. The number of nitrogens with zero attached hydrogens (tertiary/aromatic N) is 2. The Balaban J connectivity index is 2.65. The number of aromatic carboxylic acids is 1. The van der Waals surface area contributed by atoms with Crippen LogP contribution in [0.1, 0.15) is 10.4 Å². The number of nitro groups is 1. The highest BCUT2D eigenvalue weighted by molar-refractivity contribution is 5.96. The topological polar surface area (TPSA) is 93.3 Å². The van der Waals surface area contributed by atoms with Crippen molar-refractivity contribution in [2.75, 3.05) is 0 Å². The van der Waals surface area contributed by atoms with Crippen molar-refractivity contribution in [2.24, 2.45) is 0 Å². The van der Waals surface area contributed by atoms with Crippen LogP contribution in [0, 0.1) is 10.1 Å². The standard InChI is InChI=1S/C12H8N2O4/c15-12(16)10-2-1-9(14(17)18)7-11(10)8-3-5-13-6-4-8/h1-7H,(H,15,16). The predicted molar refractivity (Wildman–Crippen MR) is 63.3 cm³/mol. The maximum atomic E-state index is 11.1. The molecular formula is C12H8N2O4. The monoisotopic (exact) mass is 244 g/mol. The minimum absolute atomic E-state index is 0.0202. The van der Waals surface area contributed by atoms with Crippen LogP contribution < -0.4 is 0 Å². The average molecular weight is 244 g/mol. The Morgan fingerprint density at radius 2 is 1.89 bits per heavy atom. The molecule has 0 atom stereocenters. The van der Waals surface area contributed by atoms with E-state index in [4.69, 9.17) is 5.11 Å². The van der Waals surface area contributed by atoms with Crippen LogP contribution in [0.4, 0.5) is 5.69 Å². The fourth-order valence-corrected chi connectivity index (χ4v) is 1.60. The second-order valence-corrected chi connectivity index (χ2v) is 3.53. The van der Waals surface area contributed by atoms with Crippen molar-refractivity contribution >= 4 is 11.7 Å². The molecule has 0 saturated heterocycles. The van der Waals surface area contributed by atoms with Crippen LogP contribution in [0.5, 0.6) is 0 Å². The van der Waals surface area contributed by atoms with E-state index < -0.39 is 10.9 Å². The van der Waals surface area contributed by atoms with E-state index in [1.807, 2.05) is 0 Å². The Bertz CT molecular complexity index is 611. The molecular weight excluding hydrogens is 236 g/mol. The van der Waals surface area contributed by atoms with Crippen molar-refractivity contribution < 1.29 is 14.8 Å². The van der Waals surface area contributed by atoms with E-state index in [0.29, 0.717) is 11.1 Å². The summed E-state index contributed by atoms with van der Waals surface area (Å²) in [7, 11) is 0. The third-order valence-electron chi connectivity index (χ3n) is 2.44. The van der Waals surface area contributed by atoms with Gasteiger partial charge in [0.05, 0.1) is 10.5 Å². The molecule has 18 heavy (non-hydrogen) atoms. The number of nitro benzene ring substituents is 1. The molecule has 1 heterocycles. The molecule has 2 aromatic rings. The van der Waals surface area contributed by atoms with Crippen molar-refractivity contribution in [3.05, 3.63) is 58.4 Å². The van der Waals surface area contributed by atoms with Gasteiger partial charge < -0.3 is 5.11 Å². The van der Waals surface area contributed by atoms with Crippen molar-refractivity contribution in [2.45, 2.75) is 0 Å². The number of non-ortho nitro benzene ring substituents is 1. The van der Waals surface area contributed by atoms with Crippen molar-refractivity contribution in [3.8, 4) is 11.1 Å². The van der Waals surface area contributed by atoms with Crippen LogP contribution in [-0.2, 0) is 0 Å². The summed E-state index contributed by atoms with van der Waals surface area (Å²) in [5.74, 6) is -1.13. The van der Waals surface area contributed by atoms with E-state index >= 15 is 0 Å². The summed E-state index contributed by atoms with van der Waals surface area (Å²) in [5.41, 5.74) is 0.754.